The Kier molecular flexibility index (Phi) is 43.8. The van der Waals surface area contributed by atoms with Crippen LogP contribution in [0.15, 0.2) is 0 Å². The Hall–Kier alpha value is -0.990. The lowest BCUT2D eigenvalue weighted by Gasteiger charge is -2.19. The fraction of sp³-hybridized carbons (Fsp3) is 0.957. The van der Waals surface area contributed by atoms with Gasteiger partial charge in [-0.15, -0.1) is 0 Å². The molecule has 0 spiro atoms. The maximum Gasteiger partial charge on any atom is 0.472 e. The van der Waals surface area contributed by atoms with Crippen LogP contribution in [0, 0.1) is 0 Å². The van der Waals surface area contributed by atoms with E-state index >= 15 is 0 Å². The molecular formula is C47H94NO8P. The highest BCUT2D eigenvalue weighted by Crippen LogP contribution is 2.43. The van der Waals surface area contributed by atoms with Crippen LogP contribution in [-0.2, 0) is 32.7 Å². The van der Waals surface area contributed by atoms with Crippen molar-refractivity contribution in [3.05, 3.63) is 0 Å². The molecule has 0 aliphatic rings. The maximum absolute atomic E-state index is 12.6. The minimum absolute atomic E-state index is 0.0582. The fourth-order valence-electron chi connectivity index (χ4n) is 7.34. The largest absolute Gasteiger partial charge is 0.472 e. The van der Waals surface area contributed by atoms with Crippen molar-refractivity contribution in [3.63, 3.8) is 0 Å². The summed E-state index contributed by atoms with van der Waals surface area (Å²) in [5.41, 5.74) is 5.36. The molecule has 0 aromatic rings. The van der Waals surface area contributed by atoms with E-state index in [1.54, 1.807) is 0 Å². The van der Waals surface area contributed by atoms with E-state index in [2.05, 4.69) is 13.8 Å². The zero-order valence-electron chi connectivity index (χ0n) is 37.6. The molecule has 0 aliphatic carbocycles. The quantitative estimate of drug-likeness (QED) is 0.0349. The van der Waals surface area contributed by atoms with Crippen LogP contribution in [-0.4, -0.2) is 49.3 Å². The van der Waals surface area contributed by atoms with Gasteiger partial charge in [-0.3, -0.25) is 18.6 Å². The number of hydrogen-bond acceptors (Lipinski definition) is 8. The summed E-state index contributed by atoms with van der Waals surface area (Å²) in [5.74, 6) is -0.810. The predicted octanol–water partition coefficient (Wildman–Crippen LogP) is 14.4. The molecule has 0 heterocycles. The molecule has 0 amide bonds. The summed E-state index contributed by atoms with van der Waals surface area (Å²) in [7, 11) is -4.37. The average Bonchev–Trinajstić information content (AvgIpc) is 3.20. The van der Waals surface area contributed by atoms with Crippen LogP contribution in [0.5, 0.6) is 0 Å². The third-order valence-electron chi connectivity index (χ3n) is 11.0. The summed E-state index contributed by atoms with van der Waals surface area (Å²) in [4.78, 5) is 34.9. The molecule has 10 heteroatoms. The van der Waals surface area contributed by atoms with Gasteiger partial charge in [0.25, 0.3) is 0 Å². The monoisotopic (exact) mass is 832 g/mol. The first kappa shape index (κ1) is 56.0. The van der Waals surface area contributed by atoms with Crippen molar-refractivity contribution in [1.82, 2.24) is 0 Å². The summed E-state index contributed by atoms with van der Waals surface area (Å²) < 4.78 is 32.8. The lowest BCUT2D eigenvalue weighted by Crippen LogP contribution is -2.29. The second kappa shape index (κ2) is 44.6. The SMILES string of the molecule is CCCCCCCCCCCCCCCCCCCCCCCCCCC(=O)OC(COC(=O)CCCCCCCCCCCCCC)COP(=O)(O)OCCN. The highest BCUT2D eigenvalue weighted by molar-refractivity contribution is 7.47. The predicted molar refractivity (Wildman–Crippen MR) is 238 cm³/mol. The summed E-state index contributed by atoms with van der Waals surface area (Å²) in [5, 5.41) is 0. The zero-order valence-corrected chi connectivity index (χ0v) is 38.5. The van der Waals surface area contributed by atoms with Crippen molar-refractivity contribution < 1.29 is 37.6 Å². The lowest BCUT2D eigenvalue weighted by atomic mass is 10.0. The number of phosphoric ester groups is 1. The van der Waals surface area contributed by atoms with Gasteiger partial charge >= 0.3 is 19.8 Å². The Morgan fingerprint density at radius 3 is 1.07 bits per heavy atom. The molecule has 0 rings (SSSR count). The first-order chi connectivity index (χ1) is 27.8. The summed E-state index contributed by atoms with van der Waals surface area (Å²) in [6, 6.07) is 0. The Morgan fingerprint density at radius 2 is 0.754 bits per heavy atom. The van der Waals surface area contributed by atoms with Crippen LogP contribution >= 0.6 is 7.82 Å². The van der Waals surface area contributed by atoms with E-state index < -0.39 is 26.5 Å². The van der Waals surface area contributed by atoms with Gasteiger partial charge in [-0.1, -0.05) is 232 Å². The molecule has 0 saturated carbocycles. The molecule has 2 atom stereocenters. The first-order valence-corrected chi connectivity index (χ1v) is 26.0. The van der Waals surface area contributed by atoms with Gasteiger partial charge in [-0.2, -0.15) is 0 Å². The lowest BCUT2D eigenvalue weighted by molar-refractivity contribution is -0.161. The number of carbonyl (C=O) groups is 2. The summed E-state index contributed by atoms with van der Waals surface area (Å²) in [6.07, 6.45) is 45.8. The smallest absolute Gasteiger partial charge is 0.462 e. The number of nitrogens with two attached hydrogens (primary N) is 1. The second-order valence-electron chi connectivity index (χ2n) is 16.7. The van der Waals surface area contributed by atoms with E-state index in [4.69, 9.17) is 24.3 Å². The molecule has 0 radical (unpaired) electrons. The van der Waals surface area contributed by atoms with Crippen LogP contribution in [0.1, 0.15) is 258 Å². The van der Waals surface area contributed by atoms with Gasteiger partial charge in [-0.05, 0) is 12.8 Å². The minimum Gasteiger partial charge on any atom is -0.462 e. The van der Waals surface area contributed by atoms with Gasteiger partial charge in [0, 0.05) is 19.4 Å². The molecule has 340 valence electrons. The van der Waals surface area contributed by atoms with Crippen molar-refractivity contribution in [2.75, 3.05) is 26.4 Å². The molecule has 0 aliphatic heterocycles. The van der Waals surface area contributed by atoms with Crippen LogP contribution in [0.4, 0.5) is 0 Å². The van der Waals surface area contributed by atoms with Gasteiger partial charge < -0.3 is 20.1 Å². The van der Waals surface area contributed by atoms with Crippen molar-refractivity contribution >= 4 is 19.8 Å². The molecule has 2 unspecified atom stereocenters. The minimum atomic E-state index is -4.37. The van der Waals surface area contributed by atoms with Gasteiger partial charge in [0.1, 0.15) is 6.61 Å². The molecule has 0 bridgehead atoms. The molecule has 3 N–H and O–H groups in total. The third-order valence-corrected chi connectivity index (χ3v) is 12.0. The van der Waals surface area contributed by atoms with Crippen LogP contribution in [0.2, 0.25) is 0 Å². The number of hydrogen-bond donors (Lipinski definition) is 2. The molecule has 0 aromatic heterocycles. The van der Waals surface area contributed by atoms with Gasteiger partial charge in [-0.25, -0.2) is 4.57 Å². The van der Waals surface area contributed by atoms with Crippen molar-refractivity contribution in [3.8, 4) is 0 Å². The molecule has 0 fully saturated rings. The average molecular weight is 832 g/mol. The van der Waals surface area contributed by atoms with Gasteiger partial charge in [0.15, 0.2) is 6.10 Å². The maximum atomic E-state index is 12.6. The Bertz CT molecular complexity index is 907. The van der Waals surface area contributed by atoms with E-state index in [1.807, 2.05) is 0 Å². The first-order valence-electron chi connectivity index (χ1n) is 24.5. The van der Waals surface area contributed by atoms with Crippen LogP contribution < -0.4 is 5.73 Å². The Balaban J connectivity index is 3.94. The fourth-order valence-corrected chi connectivity index (χ4v) is 8.11. The number of esters is 2. The molecule has 0 aromatic carbocycles. The number of unbranched alkanes of at least 4 members (excludes halogenated alkanes) is 34. The van der Waals surface area contributed by atoms with Crippen LogP contribution in [0.25, 0.3) is 0 Å². The topological polar surface area (TPSA) is 134 Å². The van der Waals surface area contributed by atoms with Gasteiger partial charge in [0.05, 0.1) is 13.2 Å². The highest BCUT2D eigenvalue weighted by Gasteiger charge is 2.26. The highest BCUT2D eigenvalue weighted by atomic mass is 31.2. The third kappa shape index (κ3) is 44.4. The molecule has 9 nitrogen and oxygen atoms in total. The second-order valence-corrected chi connectivity index (χ2v) is 18.2. The molecule has 57 heavy (non-hydrogen) atoms. The van der Waals surface area contributed by atoms with E-state index in [0.29, 0.717) is 6.42 Å². The number of carbonyl (C=O) groups excluding carboxylic acids is 2. The van der Waals surface area contributed by atoms with E-state index in [-0.39, 0.29) is 38.6 Å². The standard InChI is InChI=1S/C47H94NO8P/c1-3-5-7-9-11-13-15-17-18-19-20-21-22-23-24-25-26-27-28-30-32-34-36-38-40-47(50)56-45(44-55-57(51,52)54-42-41-48)43-53-46(49)39-37-35-33-31-29-16-14-12-10-8-6-4-2/h45H,3-44,48H2,1-2H3,(H,51,52). The zero-order chi connectivity index (χ0) is 41.8. The molecule has 0 saturated heterocycles. The van der Waals surface area contributed by atoms with Crippen molar-refractivity contribution in [2.24, 2.45) is 5.73 Å². The van der Waals surface area contributed by atoms with E-state index in [0.717, 1.165) is 32.1 Å². The molecular weight excluding hydrogens is 737 g/mol. The van der Waals surface area contributed by atoms with Gasteiger partial charge in [0.2, 0.25) is 0 Å². The van der Waals surface area contributed by atoms with E-state index in [1.165, 1.54) is 193 Å². The van der Waals surface area contributed by atoms with Crippen molar-refractivity contribution in [1.29, 1.82) is 0 Å². The van der Waals surface area contributed by atoms with E-state index in [9.17, 15) is 19.0 Å². The number of rotatable bonds is 47. The summed E-state index contributed by atoms with van der Waals surface area (Å²) >= 11 is 0. The Labute approximate surface area is 352 Å². The number of ether oxygens (including phenoxy) is 2. The Morgan fingerprint density at radius 1 is 0.456 bits per heavy atom. The van der Waals surface area contributed by atoms with Crippen LogP contribution in [0.3, 0.4) is 0 Å². The van der Waals surface area contributed by atoms with Crippen molar-refractivity contribution in [2.45, 2.75) is 264 Å². The normalized spacial score (nSPS) is 13.1. The summed E-state index contributed by atoms with van der Waals surface area (Å²) in [6.45, 7) is 3.78. The number of phosphoric acid groups is 1.